The van der Waals surface area contributed by atoms with Crippen LogP contribution in [-0.4, -0.2) is 27.8 Å². The van der Waals surface area contributed by atoms with Crippen molar-refractivity contribution in [2.24, 2.45) is 18.9 Å². The maximum Gasteiger partial charge on any atom is 0.136 e. The third-order valence-corrected chi connectivity index (χ3v) is 6.29. The van der Waals surface area contributed by atoms with Gasteiger partial charge >= 0.3 is 0 Å². The Morgan fingerprint density at radius 3 is 2.96 bits per heavy atom. The zero-order valence-electron chi connectivity index (χ0n) is 15.4. The lowest BCUT2D eigenvalue weighted by Gasteiger charge is -2.49. The predicted molar refractivity (Wildman–Crippen MR) is 99.1 cm³/mol. The summed E-state index contributed by atoms with van der Waals surface area (Å²) in [5.41, 5.74) is 3.60. The van der Waals surface area contributed by atoms with Crippen molar-refractivity contribution in [1.29, 1.82) is 0 Å². The summed E-state index contributed by atoms with van der Waals surface area (Å²) in [5.74, 6) is 1.09. The number of ether oxygens (including phenoxy) is 1. The van der Waals surface area contributed by atoms with E-state index < -0.39 is 0 Å². The Labute approximate surface area is 153 Å². The molecule has 3 unspecified atom stereocenters. The van der Waals surface area contributed by atoms with Crippen molar-refractivity contribution in [3.05, 3.63) is 53.5 Å². The van der Waals surface area contributed by atoms with Crippen LogP contribution in [-0.2, 0) is 17.3 Å². The highest BCUT2D eigenvalue weighted by Crippen LogP contribution is 2.57. The molecule has 5 heteroatoms. The monoisotopic (exact) mass is 352 g/mol. The number of ketones is 1. The molecule has 0 spiro atoms. The van der Waals surface area contributed by atoms with Crippen molar-refractivity contribution < 1.29 is 14.6 Å². The fourth-order valence-corrected chi connectivity index (χ4v) is 4.95. The van der Waals surface area contributed by atoms with Crippen LogP contribution < -0.4 is 4.74 Å². The number of aryl methyl sites for hydroxylation is 1. The predicted octanol–water partition coefficient (Wildman–Crippen LogP) is 3.63. The van der Waals surface area contributed by atoms with Gasteiger partial charge < -0.3 is 9.84 Å². The van der Waals surface area contributed by atoms with E-state index >= 15 is 0 Å². The molecule has 26 heavy (non-hydrogen) atoms. The topological polar surface area (TPSA) is 64.3 Å². The number of aliphatic hydroxyl groups is 1. The molecule has 1 N–H and O–H groups in total. The Balaban J connectivity index is 2.01. The number of benzene rings is 1. The highest BCUT2D eigenvalue weighted by Gasteiger charge is 2.54. The van der Waals surface area contributed by atoms with Gasteiger partial charge in [0.1, 0.15) is 11.5 Å². The average molecular weight is 352 g/mol. The van der Waals surface area contributed by atoms with E-state index in [4.69, 9.17) is 9.84 Å². The Bertz CT molecular complexity index is 898. The molecule has 1 fully saturated rings. The SMILES string of the molecule is COc1cccc(C23CCC(=O)C(C)C2CC(=CO)c2cn(C)nc23)c1. The normalized spacial score (nSPS) is 29.3. The molecule has 5 nitrogen and oxygen atoms in total. The van der Waals surface area contributed by atoms with E-state index in [1.54, 1.807) is 11.8 Å². The zero-order valence-corrected chi connectivity index (χ0v) is 15.4. The summed E-state index contributed by atoms with van der Waals surface area (Å²) in [6.07, 6.45) is 5.09. The van der Waals surface area contributed by atoms with Crippen LogP contribution in [0.4, 0.5) is 0 Å². The second-order valence-electron chi connectivity index (χ2n) is 7.49. The third-order valence-electron chi connectivity index (χ3n) is 6.29. The first-order valence-electron chi connectivity index (χ1n) is 9.06. The van der Waals surface area contributed by atoms with Crippen molar-refractivity contribution in [3.63, 3.8) is 0 Å². The van der Waals surface area contributed by atoms with Crippen LogP contribution >= 0.6 is 0 Å². The number of aliphatic hydroxyl groups excluding tert-OH is 1. The lowest BCUT2D eigenvalue weighted by molar-refractivity contribution is -0.127. The van der Waals surface area contributed by atoms with Crippen LogP contribution in [0.15, 0.2) is 36.7 Å². The van der Waals surface area contributed by atoms with Gasteiger partial charge in [-0.15, -0.1) is 0 Å². The molecule has 1 aromatic carbocycles. The van der Waals surface area contributed by atoms with Gasteiger partial charge in [0.15, 0.2) is 0 Å². The van der Waals surface area contributed by atoms with E-state index in [9.17, 15) is 9.90 Å². The molecule has 1 aromatic heterocycles. The highest BCUT2D eigenvalue weighted by molar-refractivity contribution is 5.85. The largest absolute Gasteiger partial charge is 0.515 e. The van der Waals surface area contributed by atoms with Crippen LogP contribution in [0.2, 0.25) is 0 Å². The first-order chi connectivity index (χ1) is 12.5. The standard InChI is InChI=1S/C21H24N2O3/c1-13-18-9-14(12-24)17-11-23(2)22-20(17)21(18,8-7-19(13)25)15-5-4-6-16(10-15)26-3/h4-6,10-13,18,24H,7-9H2,1-3H3. The molecule has 2 aliphatic rings. The minimum absolute atomic E-state index is 0.0663. The number of methoxy groups -OCH3 is 1. The molecule has 4 rings (SSSR count). The van der Waals surface area contributed by atoms with E-state index in [1.165, 1.54) is 6.26 Å². The van der Waals surface area contributed by atoms with Gasteiger partial charge in [0.2, 0.25) is 0 Å². The molecule has 0 saturated heterocycles. The van der Waals surface area contributed by atoms with Crippen LogP contribution in [0.1, 0.15) is 43.0 Å². The van der Waals surface area contributed by atoms with Crippen LogP contribution in [0.25, 0.3) is 5.57 Å². The van der Waals surface area contributed by atoms with E-state index in [-0.39, 0.29) is 17.3 Å². The second-order valence-corrected chi connectivity index (χ2v) is 7.49. The number of carbonyl (C=O) groups is 1. The summed E-state index contributed by atoms with van der Waals surface area (Å²) < 4.78 is 7.27. The van der Waals surface area contributed by atoms with E-state index in [1.807, 2.05) is 32.3 Å². The molecule has 2 aliphatic carbocycles. The smallest absolute Gasteiger partial charge is 0.136 e. The van der Waals surface area contributed by atoms with Crippen molar-refractivity contribution in [2.45, 2.75) is 31.6 Å². The number of hydrogen-bond donors (Lipinski definition) is 1. The molecule has 0 radical (unpaired) electrons. The Morgan fingerprint density at radius 2 is 2.23 bits per heavy atom. The highest BCUT2D eigenvalue weighted by atomic mass is 16.5. The molecule has 0 amide bonds. The molecular weight excluding hydrogens is 328 g/mol. The van der Waals surface area contributed by atoms with Crippen molar-refractivity contribution >= 4 is 11.4 Å². The molecule has 2 aromatic rings. The summed E-state index contributed by atoms with van der Waals surface area (Å²) in [7, 11) is 3.57. The van der Waals surface area contributed by atoms with E-state index in [2.05, 4.69) is 12.1 Å². The maximum atomic E-state index is 12.5. The number of aromatic nitrogens is 2. The number of fused-ring (bicyclic) bond motifs is 3. The molecule has 1 heterocycles. The fourth-order valence-electron chi connectivity index (χ4n) is 4.95. The third kappa shape index (κ3) is 2.23. The number of nitrogens with zero attached hydrogens (tertiary/aromatic N) is 2. The Morgan fingerprint density at radius 1 is 1.42 bits per heavy atom. The van der Waals surface area contributed by atoms with Crippen molar-refractivity contribution in [2.75, 3.05) is 7.11 Å². The summed E-state index contributed by atoms with van der Waals surface area (Å²) >= 11 is 0. The number of hydrogen-bond acceptors (Lipinski definition) is 4. The second kappa shape index (κ2) is 6.01. The first kappa shape index (κ1) is 16.9. The van der Waals surface area contributed by atoms with Gasteiger partial charge in [0.05, 0.1) is 19.1 Å². The fraction of sp³-hybridized carbons (Fsp3) is 0.429. The molecule has 1 saturated carbocycles. The summed E-state index contributed by atoms with van der Waals surface area (Å²) in [6.45, 7) is 2.02. The van der Waals surface area contributed by atoms with Crippen LogP contribution in [0, 0.1) is 11.8 Å². The number of allylic oxidation sites excluding steroid dienone is 1. The van der Waals surface area contributed by atoms with Gasteiger partial charge in [-0.2, -0.15) is 5.10 Å². The van der Waals surface area contributed by atoms with Crippen LogP contribution in [0.5, 0.6) is 5.75 Å². The van der Waals surface area contributed by atoms with E-state index in [0.717, 1.165) is 34.6 Å². The molecular formula is C21H24N2O3. The zero-order chi connectivity index (χ0) is 18.5. The Hall–Kier alpha value is -2.56. The molecule has 136 valence electrons. The first-order valence-corrected chi connectivity index (χ1v) is 9.06. The van der Waals surface area contributed by atoms with Crippen molar-refractivity contribution in [3.8, 4) is 5.75 Å². The lowest BCUT2D eigenvalue weighted by atomic mass is 9.52. The number of carbonyl (C=O) groups excluding carboxylic acids is 1. The van der Waals surface area contributed by atoms with Gasteiger partial charge in [0, 0.05) is 36.6 Å². The van der Waals surface area contributed by atoms with Crippen molar-refractivity contribution in [1.82, 2.24) is 9.78 Å². The quantitative estimate of drug-likeness (QED) is 0.838. The van der Waals surface area contributed by atoms with Gasteiger partial charge in [0.25, 0.3) is 0 Å². The van der Waals surface area contributed by atoms with Gasteiger partial charge in [-0.1, -0.05) is 19.1 Å². The summed E-state index contributed by atoms with van der Waals surface area (Å²) in [6, 6.07) is 8.13. The van der Waals surface area contributed by atoms with E-state index in [0.29, 0.717) is 18.6 Å². The van der Waals surface area contributed by atoms with Gasteiger partial charge in [-0.05, 0) is 42.0 Å². The van der Waals surface area contributed by atoms with Gasteiger partial charge in [-0.25, -0.2) is 0 Å². The average Bonchev–Trinajstić information content (AvgIpc) is 3.06. The minimum Gasteiger partial charge on any atom is -0.515 e. The minimum atomic E-state index is -0.342. The van der Waals surface area contributed by atoms with Crippen LogP contribution in [0.3, 0.4) is 0 Å². The van der Waals surface area contributed by atoms with Gasteiger partial charge in [-0.3, -0.25) is 9.48 Å². The molecule has 0 aliphatic heterocycles. The maximum absolute atomic E-state index is 12.5. The Kier molecular flexibility index (Phi) is 3.90. The molecule has 3 atom stereocenters. The lowest BCUT2D eigenvalue weighted by Crippen LogP contribution is -2.49. The number of rotatable bonds is 2. The number of Topliss-reactive ketones (excluding diaryl/α,β-unsaturated/α-hetero) is 1. The summed E-state index contributed by atoms with van der Waals surface area (Å²) in [4.78, 5) is 12.5. The summed E-state index contributed by atoms with van der Waals surface area (Å²) in [5, 5.41) is 14.6. The molecule has 0 bridgehead atoms.